The summed E-state index contributed by atoms with van der Waals surface area (Å²) in [4.78, 5) is 27.9. The first kappa shape index (κ1) is 19.5. The van der Waals surface area contributed by atoms with Crippen LogP contribution in [0.1, 0.15) is 40.2 Å². The van der Waals surface area contributed by atoms with Crippen molar-refractivity contribution in [2.75, 3.05) is 19.8 Å². The maximum absolute atomic E-state index is 13.4. The smallest absolute Gasteiger partial charge is 0.290 e. The monoisotopic (exact) mass is 413 g/mol. The van der Waals surface area contributed by atoms with Crippen molar-refractivity contribution < 1.29 is 19.1 Å². The molecule has 1 atom stereocenters. The Morgan fingerprint density at radius 3 is 2.76 bits per heavy atom. The van der Waals surface area contributed by atoms with Crippen molar-refractivity contribution in [1.82, 2.24) is 4.90 Å². The zero-order valence-corrected chi connectivity index (χ0v) is 16.8. The maximum atomic E-state index is 13.4. The minimum atomic E-state index is -0.675. The van der Waals surface area contributed by atoms with E-state index in [0.717, 1.165) is 5.56 Å². The van der Waals surface area contributed by atoms with Gasteiger partial charge in [-0.3, -0.25) is 9.59 Å². The molecule has 3 aromatic rings. The van der Waals surface area contributed by atoms with Gasteiger partial charge in [0.05, 0.1) is 30.2 Å². The average Bonchev–Trinajstić information content (AvgIpc) is 2.97. The summed E-state index contributed by atoms with van der Waals surface area (Å²) in [5, 5.41) is 10.3. The lowest BCUT2D eigenvalue weighted by atomic mass is 9.98. The van der Waals surface area contributed by atoms with Gasteiger partial charge in [-0.05, 0) is 49.2 Å². The van der Waals surface area contributed by atoms with Crippen molar-refractivity contribution in [2.24, 2.45) is 0 Å². The average molecular weight is 414 g/mol. The molecule has 1 N–H and O–H groups in total. The molecule has 4 rings (SSSR count). The Morgan fingerprint density at radius 1 is 1.24 bits per heavy atom. The molecule has 150 valence electrons. The van der Waals surface area contributed by atoms with Crippen LogP contribution in [0.25, 0.3) is 11.0 Å². The van der Waals surface area contributed by atoms with Gasteiger partial charge < -0.3 is 19.2 Å². The lowest BCUT2D eigenvalue weighted by Crippen LogP contribution is -2.32. The summed E-state index contributed by atoms with van der Waals surface area (Å²) in [6, 6.07) is 9.80. The van der Waals surface area contributed by atoms with Crippen LogP contribution in [-0.4, -0.2) is 35.7 Å². The lowest BCUT2D eigenvalue weighted by Gasteiger charge is -2.24. The van der Waals surface area contributed by atoms with E-state index >= 15 is 0 Å². The first-order chi connectivity index (χ1) is 14.0. The molecule has 0 saturated heterocycles. The van der Waals surface area contributed by atoms with Gasteiger partial charge in [0, 0.05) is 11.6 Å². The molecule has 1 unspecified atom stereocenters. The number of benzene rings is 2. The van der Waals surface area contributed by atoms with Crippen molar-refractivity contribution in [2.45, 2.75) is 19.9 Å². The highest BCUT2D eigenvalue weighted by Gasteiger charge is 2.42. The minimum Gasteiger partial charge on any atom is -0.494 e. The molecule has 2 heterocycles. The Balaban J connectivity index is 1.98. The van der Waals surface area contributed by atoms with E-state index in [1.165, 1.54) is 4.90 Å². The van der Waals surface area contributed by atoms with Crippen LogP contribution in [-0.2, 0) is 0 Å². The summed E-state index contributed by atoms with van der Waals surface area (Å²) in [5.74, 6) is 0.218. The second kappa shape index (κ2) is 7.54. The lowest BCUT2D eigenvalue weighted by molar-refractivity contribution is 0.0691. The number of halogens is 1. The van der Waals surface area contributed by atoms with Crippen molar-refractivity contribution in [3.05, 3.63) is 74.1 Å². The summed E-state index contributed by atoms with van der Waals surface area (Å²) in [6.45, 7) is 4.01. The topological polar surface area (TPSA) is 80.0 Å². The predicted octanol–water partition coefficient (Wildman–Crippen LogP) is 3.69. The number of carbonyl (C=O) groups excluding carboxylic acids is 1. The van der Waals surface area contributed by atoms with Gasteiger partial charge >= 0.3 is 0 Å². The molecular formula is C22H20ClNO5. The summed E-state index contributed by atoms with van der Waals surface area (Å²) in [7, 11) is 0. The first-order valence-corrected chi connectivity index (χ1v) is 9.75. The fourth-order valence-electron chi connectivity index (χ4n) is 3.77. The first-order valence-electron chi connectivity index (χ1n) is 9.37. The number of fused-ring (bicyclic) bond motifs is 2. The fraction of sp³-hybridized carbons (Fsp3) is 0.273. The number of amides is 1. The number of ether oxygens (including phenoxy) is 1. The van der Waals surface area contributed by atoms with Crippen LogP contribution in [0.5, 0.6) is 5.75 Å². The van der Waals surface area contributed by atoms with Gasteiger partial charge in [-0.2, -0.15) is 0 Å². The van der Waals surface area contributed by atoms with Crippen LogP contribution < -0.4 is 10.2 Å². The van der Waals surface area contributed by atoms with Gasteiger partial charge in [0.15, 0.2) is 5.43 Å². The number of aryl methyl sites for hydroxylation is 1. The standard InChI is InChI=1S/C22H20ClNO5/c1-3-28-14-6-4-5-13(10-14)19-18-20(26)15-11-16(23)12(2)9-17(15)29-21(18)22(27)24(19)7-8-25/h4-6,9-11,19,25H,3,7-8H2,1-2H3. The third kappa shape index (κ3) is 3.18. The Hall–Kier alpha value is -2.83. The summed E-state index contributed by atoms with van der Waals surface area (Å²) in [5.41, 5.74) is 1.73. The number of aliphatic hydroxyl groups is 1. The predicted molar refractivity (Wildman–Crippen MR) is 110 cm³/mol. The molecule has 0 spiro atoms. The number of β-amino-alcohol motifs (C(OH)–C–C–N with tert-alkyl or cyclic N) is 1. The van der Waals surface area contributed by atoms with Crippen LogP contribution in [0.15, 0.2) is 45.6 Å². The molecule has 7 heteroatoms. The highest BCUT2D eigenvalue weighted by atomic mass is 35.5. The van der Waals surface area contributed by atoms with Gasteiger partial charge in [0.1, 0.15) is 11.3 Å². The van der Waals surface area contributed by atoms with Crippen molar-refractivity contribution in [3.8, 4) is 5.75 Å². The number of aliphatic hydroxyl groups excluding tert-OH is 1. The summed E-state index contributed by atoms with van der Waals surface area (Å²) in [6.07, 6.45) is 0. The minimum absolute atomic E-state index is 0.00415. The molecule has 29 heavy (non-hydrogen) atoms. The maximum Gasteiger partial charge on any atom is 0.290 e. The quantitative estimate of drug-likeness (QED) is 0.690. The Labute approximate surface area is 172 Å². The van der Waals surface area contributed by atoms with Crippen LogP contribution >= 0.6 is 11.6 Å². The summed E-state index contributed by atoms with van der Waals surface area (Å²) >= 11 is 6.22. The molecule has 0 aliphatic carbocycles. The SMILES string of the molecule is CCOc1cccc(C2c3c(oc4cc(C)c(Cl)cc4c3=O)C(=O)N2CCO)c1. The second-order valence-electron chi connectivity index (χ2n) is 6.90. The zero-order chi connectivity index (χ0) is 20.7. The van der Waals surface area contributed by atoms with E-state index in [2.05, 4.69) is 0 Å². The number of hydrogen-bond acceptors (Lipinski definition) is 5. The Kier molecular flexibility index (Phi) is 5.06. The van der Waals surface area contributed by atoms with Gasteiger partial charge in [-0.1, -0.05) is 23.7 Å². The fourth-order valence-corrected chi connectivity index (χ4v) is 3.93. The van der Waals surface area contributed by atoms with E-state index in [1.807, 2.05) is 25.1 Å². The second-order valence-corrected chi connectivity index (χ2v) is 7.31. The van der Waals surface area contributed by atoms with Gasteiger partial charge in [0.2, 0.25) is 5.76 Å². The third-order valence-electron chi connectivity index (χ3n) is 5.07. The molecule has 1 amide bonds. The van der Waals surface area contributed by atoms with E-state index in [9.17, 15) is 14.7 Å². The van der Waals surface area contributed by atoms with E-state index < -0.39 is 11.9 Å². The Bertz CT molecular complexity index is 1170. The van der Waals surface area contributed by atoms with Crippen LogP contribution in [0.3, 0.4) is 0 Å². The molecular weight excluding hydrogens is 394 g/mol. The van der Waals surface area contributed by atoms with Crippen LogP contribution in [0, 0.1) is 6.92 Å². The largest absolute Gasteiger partial charge is 0.494 e. The number of hydrogen-bond donors (Lipinski definition) is 1. The van der Waals surface area contributed by atoms with Crippen LogP contribution in [0.4, 0.5) is 0 Å². The normalized spacial score (nSPS) is 15.8. The molecule has 2 aromatic carbocycles. The molecule has 6 nitrogen and oxygen atoms in total. The van der Waals surface area contributed by atoms with E-state index in [-0.39, 0.29) is 29.9 Å². The molecule has 1 aromatic heterocycles. The van der Waals surface area contributed by atoms with Gasteiger partial charge in [-0.15, -0.1) is 0 Å². The van der Waals surface area contributed by atoms with Gasteiger partial charge in [0.25, 0.3) is 5.91 Å². The molecule has 1 aliphatic rings. The van der Waals surface area contributed by atoms with Crippen molar-refractivity contribution >= 4 is 28.5 Å². The van der Waals surface area contributed by atoms with Crippen LogP contribution in [0.2, 0.25) is 5.02 Å². The number of rotatable bonds is 5. The van der Waals surface area contributed by atoms with Gasteiger partial charge in [-0.25, -0.2) is 0 Å². The summed E-state index contributed by atoms with van der Waals surface area (Å²) < 4.78 is 11.5. The van der Waals surface area contributed by atoms with Crippen molar-refractivity contribution in [3.63, 3.8) is 0 Å². The number of carbonyl (C=O) groups is 1. The zero-order valence-electron chi connectivity index (χ0n) is 16.1. The van der Waals surface area contributed by atoms with Crippen molar-refractivity contribution in [1.29, 1.82) is 0 Å². The molecule has 0 bridgehead atoms. The molecule has 0 fully saturated rings. The highest BCUT2D eigenvalue weighted by molar-refractivity contribution is 6.32. The number of nitrogens with zero attached hydrogens (tertiary/aromatic N) is 1. The Morgan fingerprint density at radius 2 is 2.03 bits per heavy atom. The van der Waals surface area contributed by atoms with E-state index in [1.54, 1.807) is 25.1 Å². The third-order valence-corrected chi connectivity index (χ3v) is 5.48. The molecule has 1 aliphatic heterocycles. The molecule has 0 saturated carbocycles. The molecule has 0 radical (unpaired) electrons. The van der Waals surface area contributed by atoms with E-state index in [4.69, 9.17) is 20.8 Å². The van der Waals surface area contributed by atoms with E-state index in [0.29, 0.717) is 33.9 Å². The highest BCUT2D eigenvalue weighted by Crippen LogP contribution is 2.39.